The van der Waals surface area contributed by atoms with Gasteiger partial charge in [-0.3, -0.25) is 9.59 Å². The van der Waals surface area contributed by atoms with E-state index in [1.807, 2.05) is 49.4 Å². The molecule has 5 heteroatoms. The van der Waals surface area contributed by atoms with E-state index in [1.165, 1.54) is 24.8 Å². The molecule has 0 heterocycles. The first-order chi connectivity index (χ1) is 16.8. The highest BCUT2D eigenvalue weighted by Gasteiger charge is 2.25. The van der Waals surface area contributed by atoms with Gasteiger partial charge in [0, 0.05) is 21.6 Å². The van der Waals surface area contributed by atoms with Gasteiger partial charge in [0.25, 0.3) is 0 Å². The average molecular weight is 542 g/mol. The fraction of sp³-hybridized carbons (Fsp3) is 0.467. The first-order valence-electron chi connectivity index (χ1n) is 12.9. The van der Waals surface area contributed by atoms with Gasteiger partial charge in [-0.1, -0.05) is 73.5 Å². The number of halogens is 1. The predicted octanol–water partition coefficient (Wildman–Crippen LogP) is 8.21. The second-order valence-electron chi connectivity index (χ2n) is 9.26. The van der Waals surface area contributed by atoms with Crippen molar-refractivity contribution < 1.29 is 9.59 Å². The number of benzene rings is 2. The van der Waals surface area contributed by atoms with Crippen LogP contribution >= 0.6 is 15.9 Å². The molecule has 1 fully saturated rings. The Hall–Kier alpha value is -2.40. The quantitative estimate of drug-likeness (QED) is 0.331. The Morgan fingerprint density at radius 3 is 2.23 bits per heavy atom. The number of carbonyl (C=O) groups is 2. The highest BCUT2D eigenvalue weighted by molar-refractivity contribution is 9.10. The molecule has 0 spiro atoms. The third kappa shape index (κ3) is 8.96. The summed E-state index contributed by atoms with van der Waals surface area (Å²) < 4.78 is 1.03. The smallest absolute Gasteiger partial charge is 0.228 e. The van der Waals surface area contributed by atoms with E-state index in [9.17, 15) is 9.59 Å². The summed E-state index contributed by atoms with van der Waals surface area (Å²) in [6, 6.07) is 13.9. The molecule has 35 heavy (non-hydrogen) atoms. The number of Topliss-reactive ketones (excluding diaryl/α,β-unsaturated/α-hetero) is 1. The van der Waals surface area contributed by atoms with Crippen LogP contribution in [0.5, 0.6) is 0 Å². The molecule has 0 aliphatic heterocycles. The van der Waals surface area contributed by atoms with Gasteiger partial charge in [0.05, 0.1) is 0 Å². The first kappa shape index (κ1) is 28.8. The van der Waals surface area contributed by atoms with E-state index in [-0.39, 0.29) is 17.6 Å². The van der Waals surface area contributed by atoms with Gasteiger partial charge in [-0.05, 0) is 87.6 Å². The number of amides is 1. The Bertz CT molecular complexity index is 1010. The monoisotopic (exact) mass is 540 g/mol. The molecule has 1 saturated carbocycles. The van der Waals surface area contributed by atoms with E-state index in [1.54, 1.807) is 6.92 Å². The molecule has 0 atom stereocenters. The van der Waals surface area contributed by atoms with Crippen LogP contribution in [0.1, 0.15) is 87.7 Å². The number of aryl methyl sites for hydroxylation is 1. The van der Waals surface area contributed by atoms with E-state index in [0.29, 0.717) is 0 Å². The Kier molecular flexibility index (Phi) is 12.3. The summed E-state index contributed by atoms with van der Waals surface area (Å²) in [4.78, 5) is 23.7. The number of hydrogen-bond donors (Lipinski definition) is 2. The SMILES string of the molecule is CC/C=C(\NC(=O)C1CCC(CC)CC1)Nc1ccccc1C.CCc1c(Br)cccc1C(C)=O. The van der Waals surface area contributed by atoms with Gasteiger partial charge in [-0.25, -0.2) is 0 Å². The van der Waals surface area contributed by atoms with Crippen LogP contribution < -0.4 is 10.6 Å². The topological polar surface area (TPSA) is 58.2 Å². The summed E-state index contributed by atoms with van der Waals surface area (Å²) in [6.07, 6.45) is 9.47. The number of hydrogen-bond acceptors (Lipinski definition) is 3. The third-order valence-electron chi connectivity index (χ3n) is 6.73. The lowest BCUT2D eigenvalue weighted by Gasteiger charge is -2.27. The molecular weight excluding hydrogens is 500 g/mol. The number of ketones is 1. The van der Waals surface area contributed by atoms with Gasteiger partial charge in [-0.15, -0.1) is 0 Å². The minimum Gasteiger partial charge on any atom is -0.342 e. The maximum atomic E-state index is 12.6. The zero-order chi connectivity index (χ0) is 25.8. The van der Waals surface area contributed by atoms with Crippen LogP contribution in [-0.2, 0) is 11.2 Å². The van der Waals surface area contributed by atoms with Gasteiger partial charge in [0.1, 0.15) is 5.82 Å². The summed E-state index contributed by atoms with van der Waals surface area (Å²) in [6.45, 7) is 10.0. The second-order valence-corrected chi connectivity index (χ2v) is 10.1. The Labute approximate surface area is 220 Å². The van der Waals surface area contributed by atoms with Crippen molar-refractivity contribution in [3.05, 3.63) is 75.5 Å². The van der Waals surface area contributed by atoms with Crippen molar-refractivity contribution >= 4 is 33.3 Å². The second kappa shape index (κ2) is 14.9. The van der Waals surface area contributed by atoms with Crippen LogP contribution in [0.4, 0.5) is 5.69 Å². The largest absolute Gasteiger partial charge is 0.342 e. The lowest BCUT2D eigenvalue weighted by Crippen LogP contribution is -2.34. The molecule has 0 bridgehead atoms. The summed E-state index contributed by atoms with van der Waals surface area (Å²) in [7, 11) is 0. The summed E-state index contributed by atoms with van der Waals surface area (Å²) in [5, 5.41) is 6.47. The molecule has 4 nitrogen and oxygen atoms in total. The number of anilines is 1. The zero-order valence-corrected chi connectivity index (χ0v) is 23.5. The van der Waals surface area contributed by atoms with Crippen molar-refractivity contribution in [3.63, 3.8) is 0 Å². The zero-order valence-electron chi connectivity index (χ0n) is 21.9. The third-order valence-corrected chi connectivity index (χ3v) is 7.47. The van der Waals surface area contributed by atoms with Crippen LogP contribution in [-0.4, -0.2) is 11.7 Å². The number of nitrogens with one attached hydrogen (secondary N) is 2. The summed E-state index contributed by atoms with van der Waals surface area (Å²) in [5.74, 6) is 2.09. The molecule has 3 rings (SSSR count). The van der Waals surface area contributed by atoms with Crippen molar-refractivity contribution in [2.24, 2.45) is 11.8 Å². The van der Waals surface area contributed by atoms with Gasteiger partial charge in [-0.2, -0.15) is 0 Å². The molecular formula is C30H41BrN2O2. The van der Waals surface area contributed by atoms with E-state index < -0.39 is 0 Å². The highest BCUT2D eigenvalue weighted by Crippen LogP contribution is 2.31. The van der Waals surface area contributed by atoms with Crippen molar-refractivity contribution in [3.8, 4) is 0 Å². The molecule has 1 aliphatic rings. The molecule has 2 aromatic carbocycles. The maximum absolute atomic E-state index is 12.6. The van der Waals surface area contributed by atoms with Crippen LogP contribution in [0.2, 0.25) is 0 Å². The molecule has 2 aromatic rings. The minimum absolute atomic E-state index is 0.133. The molecule has 0 saturated heterocycles. The van der Waals surface area contributed by atoms with Crippen LogP contribution in [0.15, 0.2) is 58.8 Å². The standard InChI is InChI=1S/C20H30N2O.C10H11BrO/c1-4-8-19(21-18-10-7-6-9-15(18)3)22-20(23)17-13-11-16(5-2)12-14-17;1-3-8-9(7(2)12)5-4-6-10(8)11/h6-10,16-17,21H,4-5,11-14H2,1-3H3,(H,22,23);4-6H,3H2,1-2H3/b19-8-;. The Morgan fingerprint density at radius 1 is 1.00 bits per heavy atom. The first-order valence-corrected chi connectivity index (χ1v) is 13.7. The maximum Gasteiger partial charge on any atom is 0.228 e. The number of carbonyl (C=O) groups excluding carboxylic acids is 2. The minimum atomic E-state index is 0.133. The van der Waals surface area contributed by atoms with E-state index in [4.69, 9.17) is 0 Å². The molecule has 0 aromatic heterocycles. The van der Waals surface area contributed by atoms with E-state index >= 15 is 0 Å². The molecule has 190 valence electrons. The number of para-hydroxylation sites is 1. The lowest BCUT2D eigenvalue weighted by atomic mass is 9.80. The van der Waals surface area contributed by atoms with Gasteiger partial charge < -0.3 is 10.6 Å². The fourth-order valence-corrected chi connectivity index (χ4v) is 5.16. The van der Waals surface area contributed by atoms with Crippen molar-refractivity contribution in [2.45, 2.75) is 79.6 Å². The van der Waals surface area contributed by atoms with Crippen LogP contribution in [0, 0.1) is 18.8 Å². The van der Waals surface area contributed by atoms with E-state index in [2.05, 4.69) is 53.4 Å². The lowest BCUT2D eigenvalue weighted by molar-refractivity contribution is -0.125. The van der Waals surface area contributed by atoms with Crippen molar-refractivity contribution in [1.82, 2.24) is 5.32 Å². The molecule has 1 amide bonds. The fourth-order valence-electron chi connectivity index (χ4n) is 4.51. The number of allylic oxidation sites excluding steroid dienone is 1. The van der Waals surface area contributed by atoms with Crippen molar-refractivity contribution in [1.29, 1.82) is 0 Å². The molecule has 1 aliphatic carbocycles. The Balaban J connectivity index is 0.000000303. The molecule has 0 radical (unpaired) electrons. The van der Waals surface area contributed by atoms with E-state index in [0.717, 1.165) is 58.7 Å². The van der Waals surface area contributed by atoms with Crippen molar-refractivity contribution in [2.75, 3.05) is 5.32 Å². The summed E-state index contributed by atoms with van der Waals surface area (Å²) >= 11 is 3.42. The highest BCUT2D eigenvalue weighted by atomic mass is 79.9. The Morgan fingerprint density at radius 2 is 1.69 bits per heavy atom. The van der Waals surface area contributed by atoms with Crippen LogP contribution in [0.25, 0.3) is 0 Å². The molecule has 0 unspecified atom stereocenters. The van der Waals surface area contributed by atoms with Gasteiger partial charge in [0.15, 0.2) is 5.78 Å². The molecule has 2 N–H and O–H groups in total. The van der Waals surface area contributed by atoms with Gasteiger partial charge in [0.2, 0.25) is 5.91 Å². The summed E-state index contributed by atoms with van der Waals surface area (Å²) in [5.41, 5.74) is 4.14. The normalized spacial score (nSPS) is 17.7. The van der Waals surface area contributed by atoms with Crippen LogP contribution in [0.3, 0.4) is 0 Å². The number of rotatable bonds is 8. The van der Waals surface area contributed by atoms with Gasteiger partial charge >= 0.3 is 0 Å². The predicted molar refractivity (Wildman–Crippen MR) is 151 cm³/mol. The average Bonchev–Trinajstić information content (AvgIpc) is 2.85.